The maximum atomic E-state index is 14.0. The molecule has 1 aromatic carbocycles. The predicted molar refractivity (Wildman–Crippen MR) is 106 cm³/mol. The van der Waals surface area contributed by atoms with Crippen LogP contribution in [-0.4, -0.2) is 0 Å². The molecule has 28 heavy (non-hydrogen) atoms. The van der Waals surface area contributed by atoms with Gasteiger partial charge in [0.05, 0.1) is 5.56 Å². The Morgan fingerprint density at radius 2 is 1.46 bits per heavy atom. The standard InChI is InChI=1S/C24H32F4/c25-23-17-21(24(26,27)28)16-15-20(23)13-7-8-14-22(18-9-3-1-4-10-18)19-11-5-2-6-12-19/h7,13,15-19,22H,1-6,8-12,14H2. The van der Waals surface area contributed by atoms with Crippen LogP contribution in [0.5, 0.6) is 0 Å². The van der Waals surface area contributed by atoms with Gasteiger partial charge in [-0.25, -0.2) is 4.39 Å². The molecule has 2 saturated carbocycles. The summed E-state index contributed by atoms with van der Waals surface area (Å²) in [6, 6.07) is 2.77. The predicted octanol–water partition coefficient (Wildman–Crippen LogP) is 8.41. The van der Waals surface area contributed by atoms with Gasteiger partial charge < -0.3 is 0 Å². The highest BCUT2D eigenvalue weighted by Crippen LogP contribution is 2.42. The molecule has 3 rings (SSSR count). The molecule has 0 N–H and O–H groups in total. The molecule has 0 aromatic heterocycles. The zero-order chi connectivity index (χ0) is 20.0. The van der Waals surface area contributed by atoms with E-state index in [9.17, 15) is 17.6 Å². The molecular weight excluding hydrogens is 364 g/mol. The van der Waals surface area contributed by atoms with Crippen LogP contribution in [0, 0.1) is 23.6 Å². The monoisotopic (exact) mass is 396 g/mol. The molecule has 0 aliphatic heterocycles. The van der Waals surface area contributed by atoms with Crippen LogP contribution in [0.15, 0.2) is 24.3 Å². The van der Waals surface area contributed by atoms with E-state index in [0.717, 1.165) is 36.7 Å². The molecule has 0 nitrogen and oxygen atoms in total. The average molecular weight is 397 g/mol. The quantitative estimate of drug-likeness (QED) is 0.423. The molecular formula is C24H32F4. The minimum Gasteiger partial charge on any atom is -0.206 e. The number of allylic oxidation sites excluding steroid dienone is 1. The third-order valence-corrected chi connectivity index (χ3v) is 6.80. The van der Waals surface area contributed by atoms with Crippen LogP contribution in [0.2, 0.25) is 0 Å². The maximum absolute atomic E-state index is 14.0. The molecule has 0 bridgehead atoms. The Labute approximate surface area is 166 Å². The molecule has 0 radical (unpaired) electrons. The lowest BCUT2D eigenvalue weighted by Crippen LogP contribution is -2.27. The first-order chi connectivity index (χ1) is 13.4. The van der Waals surface area contributed by atoms with Crippen molar-refractivity contribution in [3.05, 3.63) is 41.2 Å². The molecule has 0 unspecified atom stereocenters. The summed E-state index contributed by atoms with van der Waals surface area (Å²) in [7, 11) is 0. The Kier molecular flexibility index (Phi) is 7.59. The smallest absolute Gasteiger partial charge is 0.206 e. The van der Waals surface area contributed by atoms with Crippen molar-refractivity contribution in [2.45, 2.75) is 83.2 Å². The first-order valence-corrected chi connectivity index (χ1v) is 11.0. The van der Waals surface area contributed by atoms with Crippen LogP contribution in [0.4, 0.5) is 17.6 Å². The van der Waals surface area contributed by atoms with E-state index in [1.807, 2.05) is 6.08 Å². The van der Waals surface area contributed by atoms with E-state index >= 15 is 0 Å². The number of halogens is 4. The fourth-order valence-electron chi connectivity index (χ4n) is 5.32. The lowest BCUT2D eigenvalue weighted by atomic mass is 9.68. The van der Waals surface area contributed by atoms with Gasteiger partial charge in [0.25, 0.3) is 0 Å². The van der Waals surface area contributed by atoms with Gasteiger partial charge in [0.2, 0.25) is 0 Å². The van der Waals surface area contributed by atoms with Crippen molar-refractivity contribution in [1.82, 2.24) is 0 Å². The SMILES string of the molecule is Fc1cc(C(F)(F)F)ccc1C=CCCC(C1CCCCC1)C1CCCCC1. The third kappa shape index (κ3) is 5.84. The van der Waals surface area contributed by atoms with Gasteiger partial charge in [-0.1, -0.05) is 82.4 Å². The largest absolute Gasteiger partial charge is 0.416 e. The number of hydrogen-bond acceptors (Lipinski definition) is 0. The molecule has 0 atom stereocenters. The Morgan fingerprint density at radius 3 is 1.96 bits per heavy atom. The Bertz CT molecular complexity index is 616. The fourth-order valence-corrected chi connectivity index (χ4v) is 5.32. The van der Waals surface area contributed by atoms with Crippen LogP contribution in [0.1, 0.15) is 88.2 Å². The van der Waals surface area contributed by atoms with E-state index in [-0.39, 0.29) is 5.56 Å². The topological polar surface area (TPSA) is 0 Å². The second kappa shape index (κ2) is 9.93. The van der Waals surface area contributed by atoms with Crippen molar-refractivity contribution in [3.8, 4) is 0 Å². The van der Waals surface area contributed by atoms with E-state index in [1.165, 1.54) is 70.3 Å². The van der Waals surface area contributed by atoms with E-state index in [4.69, 9.17) is 0 Å². The zero-order valence-corrected chi connectivity index (χ0v) is 16.6. The molecule has 0 spiro atoms. The summed E-state index contributed by atoms with van der Waals surface area (Å²) < 4.78 is 52.0. The Balaban J connectivity index is 1.60. The number of hydrogen-bond donors (Lipinski definition) is 0. The fraction of sp³-hybridized carbons (Fsp3) is 0.667. The molecule has 2 aliphatic rings. The van der Waals surface area contributed by atoms with Gasteiger partial charge in [-0.05, 0) is 42.7 Å². The van der Waals surface area contributed by atoms with E-state index in [1.54, 1.807) is 6.08 Å². The molecule has 2 fully saturated rings. The molecule has 156 valence electrons. The lowest BCUT2D eigenvalue weighted by Gasteiger charge is -2.38. The van der Waals surface area contributed by atoms with Crippen molar-refractivity contribution >= 4 is 6.08 Å². The van der Waals surface area contributed by atoms with Gasteiger partial charge in [-0.15, -0.1) is 0 Å². The van der Waals surface area contributed by atoms with Gasteiger partial charge in [-0.2, -0.15) is 13.2 Å². The van der Waals surface area contributed by atoms with E-state index in [0.29, 0.717) is 6.07 Å². The van der Waals surface area contributed by atoms with Crippen LogP contribution >= 0.6 is 0 Å². The summed E-state index contributed by atoms with van der Waals surface area (Å²) in [5, 5.41) is 0. The van der Waals surface area contributed by atoms with Gasteiger partial charge in [0.1, 0.15) is 5.82 Å². The van der Waals surface area contributed by atoms with Crippen LogP contribution < -0.4 is 0 Å². The van der Waals surface area contributed by atoms with Crippen molar-refractivity contribution < 1.29 is 17.6 Å². The van der Waals surface area contributed by atoms with Crippen molar-refractivity contribution in [3.63, 3.8) is 0 Å². The molecule has 0 amide bonds. The molecule has 1 aromatic rings. The lowest BCUT2D eigenvalue weighted by molar-refractivity contribution is -0.137. The molecule has 4 heteroatoms. The number of benzene rings is 1. The summed E-state index contributed by atoms with van der Waals surface area (Å²) in [6.07, 6.45) is 14.6. The van der Waals surface area contributed by atoms with Crippen molar-refractivity contribution in [2.75, 3.05) is 0 Å². The second-order valence-electron chi connectivity index (χ2n) is 8.67. The highest BCUT2D eigenvalue weighted by molar-refractivity contribution is 5.50. The highest BCUT2D eigenvalue weighted by Gasteiger charge is 2.31. The maximum Gasteiger partial charge on any atom is 0.416 e. The van der Waals surface area contributed by atoms with Crippen LogP contribution in [-0.2, 0) is 6.18 Å². The normalized spacial score (nSPS) is 20.3. The number of alkyl halides is 3. The third-order valence-electron chi connectivity index (χ3n) is 6.80. The van der Waals surface area contributed by atoms with Crippen LogP contribution in [0.3, 0.4) is 0 Å². The first kappa shape index (κ1) is 21.4. The van der Waals surface area contributed by atoms with E-state index in [2.05, 4.69) is 0 Å². The summed E-state index contributed by atoms with van der Waals surface area (Å²) in [4.78, 5) is 0. The Hall–Kier alpha value is -1.32. The molecule has 0 heterocycles. The first-order valence-electron chi connectivity index (χ1n) is 11.0. The summed E-state index contributed by atoms with van der Waals surface area (Å²) >= 11 is 0. The van der Waals surface area contributed by atoms with Gasteiger partial charge in [0.15, 0.2) is 0 Å². The molecule has 2 aliphatic carbocycles. The summed E-state index contributed by atoms with van der Waals surface area (Å²) in [6.45, 7) is 0. The zero-order valence-electron chi connectivity index (χ0n) is 16.6. The van der Waals surface area contributed by atoms with E-state index < -0.39 is 17.6 Å². The second-order valence-corrected chi connectivity index (χ2v) is 8.67. The molecule has 0 saturated heterocycles. The van der Waals surface area contributed by atoms with Crippen LogP contribution in [0.25, 0.3) is 6.08 Å². The minimum absolute atomic E-state index is 0.236. The number of rotatable bonds is 6. The van der Waals surface area contributed by atoms with Crippen molar-refractivity contribution in [2.24, 2.45) is 17.8 Å². The van der Waals surface area contributed by atoms with Gasteiger partial charge in [-0.3, -0.25) is 0 Å². The Morgan fingerprint density at radius 1 is 0.893 bits per heavy atom. The average Bonchev–Trinajstić information content (AvgIpc) is 2.69. The summed E-state index contributed by atoms with van der Waals surface area (Å²) in [5.74, 6) is 1.60. The highest BCUT2D eigenvalue weighted by atomic mass is 19.4. The van der Waals surface area contributed by atoms with Crippen molar-refractivity contribution in [1.29, 1.82) is 0 Å². The van der Waals surface area contributed by atoms with Gasteiger partial charge >= 0.3 is 6.18 Å². The summed E-state index contributed by atoms with van der Waals surface area (Å²) in [5.41, 5.74) is -0.698. The van der Waals surface area contributed by atoms with Gasteiger partial charge in [0, 0.05) is 5.56 Å². The minimum atomic E-state index is -4.50.